The van der Waals surface area contributed by atoms with E-state index in [1.165, 1.54) is 41.2 Å². The highest BCUT2D eigenvalue weighted by Crippen LogP contribution is 2.19. The van der Waals surface area contributed by atoms with Gasteiger partial charge in [-0.05, 0) is 24.6 Å². The lowest BCUT2D eigenvalue weighted by Gasteiger charge is -2.23. The molecular formula is C17H24F3N3O4S. The van der Waals surface area contributed by atoms with E-state index in [0.29, 0.717) is 13.0 Å². The zero-order valence-electron chi connectivity index (χ0n) is 15.5. The lowest BCUT2D eigenvalue weighted by Crippen LogP contribution is -2.38. The minimum absolute atomic E-state index is 0.0528. The number of alkyl halides is 3. The molecule has 7 nitrogen and oxygen atoms in total. The lowest BCUT2D eigenvalue weighted by atomic mass is 10.2. The van der Waals surface area contributed by atoms with Crippen molar-refractivity contribution in [2.24, 2.45) is 0 Å². The monoisotopic (exact) mass is 423 g/mol. The van der Waals surface area contributed by atoms with Gasteiger partial charge in [0.2, 0.25) is 10.0 Å². The summed E-state index contributed by atoms with van der Waals surface area (Å²) in [7, 11) is -2.34. The molecule has 28 heavy (non-hydrogen) atoms. The third-order valence-corrected chi connectivity index (χ3v) is 5.73. The highest BCUT2D eigenvalue weighted by molar-refractivity contribution is 7.89. The summed E-state index contributed by atoms with van der Waals surface area (Å²) >= 11 is 0. The molecule has 1 heterocycles. The normalized spacial score (nSPS) is 16.8. The van der Waals surface area contributed by atoms with Gasteiger partial charge in [0.1, 0.15) is 0 Å². The van der Waals surface area contributed by atoms with Gasteiger partial charge in [-0.15, -0.1) is 0 Å². The molecule has 11 heteroatoms. The molecule has 1 saturated heterocycles. The molecule has 0 unspecified atom stereocenters. The number of sulfonamides is 1. The SMILES string of the molecule is COCCNS(=O)(=O)c1cccc(C(=O)N2CCCN(CC(F)(F)F)CC2)c1. The molecule has 1 aromatic rings. The Morgan fingerprint density at radius 2 is 1.96 bits per heavy atom. The van der Waals surface area contributed by atoms with E-state index in [1.54, 1.807) is 0 Å². The lowest BCUT2D eigenvalue weighted by molar-refractivity contribution is -0.145. The first-order chi connectivity index (χ1) is 13.1. The van der Waals surface area contributed by atoms with E-state index in [9.17, 15) is 26.4 Å². The molecule has 0 radical (unpaired) electrons. The predicted octanol–water partition coefficient (Wildman–Crippen LogP) is 1.32. The first-order valence-electron chi connectivity index (χ1n) is 8.79. The Hall–Kier alpha value is -1.69. The quantitative estimate of drug-likeness (QED) is 0.670. The molecule has 0 aromatic heterocycles. The zero-order chi connectivity index (χ0) is 20.8. The predicted molar refractivity (Wildman–Crippen MR) is 96.5 cm³/mol. The molecule has 1 N–H and O–H groups in total. The van der Waals surface area contributed by atoms with Crippen LogP contribution in [0.5, 0.6) is 0 Å². The van der Waals surface area contributed by atoms with E-state index in [1.807, 2.05) is 0 Å². The second kappa shape index (κ2) is 9.68. The third-order valence-electron chi connectivity index (χ3n) is 4.27. The van der Waals surface area contributed by atoms with Gasteiger partial charge in [0.05, 0.1) is 18.0 Å². The fourth-order valence-electron chi connectivity index (χ4n) is 2.93. The molecular weight excluding hydrogens is 399 g/mol. The van der Waals surface area contributed by atoms with E-state index < -0.39 is 28.7 Å². The molecule has 1 fully saturated rings. The fraction of sp³-hybridized carbons (Fsp3) is 0.588. The van der Waals surface area contributed by atoms with Crippen LogP contribution in [0, 0.1) is 0 Å². The Morgan fingerprint density at radius 1 is 1.21 bits per heavy atom. The molecule has 0 bridgehead atoms. The van der Waals surface area contributed by atoms with E-state index in [2.05, 4.69) is 4.72 Å². The molecule has 0 spiro atoms. The molecule has 1 aliphatic rings. The molecule has 1 amide bonds. The minimum atomic E-state index is -4.28. The summed E-state index contributed by atoms with van der Waals surface area (Å²) < 4.78 is 69.4. The van der Waals surface area contributed by atoms with Crippen LogP contribution in [-0.2, 0) is 14.8 Å². The number of nitrogens with zero attached hydrogens (tertiary/aromatic N) is 2. The van der Waals surface area contributed by atoms with Gasteiger partial charge in [0, 0.05) is 45.4 Å². The van der Waals surface area contributed by atoms with Gasteiger partial charge in [-0.3, -0.25) is 9.69 Å². The van der Waals surface area contributed by atoms with Crippen molar-refractivity contribution in [3.05, 3.63) is 29.8 Å². The number of carbonyl (C=O) groups excluding carboxylic acids is 1. The van der Waals surface area contributed by atoms with Crippen LogP contribution in [0.2, 0.25) is 0 Å². The topological polar surface area (TPSA) is 78.9 Å². The summed E-state index contributed by atoms with van der Waals surface area (Å²) in [5.41, 5.74) is 0.180. The Bertz CT molecular complexity index is 771. The van der Waals surface area contributed by atoms with Gasteiger partial charge in [-0.2, -0.15) is 13.2 Å². The van der Waals surface area contributed by atoms with E-state index in [-0.39, 0.29) is 43.2 Å². The molecule has 0 atom stereocenters. The summed E-state index contributed by atoms with van der Waals surface area (Å²) in [4.78, 5) is 15.4. The van der Waals surface area contributed by atoms with E-state index in [0.717, 1.165) is 0 Å². The average Bonchev–Trinajstić information content (AvgIpc) is 2.85. The standard InChI is InChI=1S/C17H24F3N3O4S/c1-27-11-6-21-28(25,26)15-5-2-4-14(12-15)16(24)23-8-3-7-22(9-10-23)13-17(18,19)20/h2,4-5,12,21H,3,6-11,13H2,1H3. The Morgan fingerprint density at radius 3 is 2.64 bits per heavy atom. The first-order valence-corrected chi connectivity index (χ1v) is 10.3. The zero-order valence-corrected chi connectivity index (χ0v) is 16.4. The van der Waals surface area contributed by atoms with Crippen molar-refractivity contribution in [1.29, 1.82) is 0 Å². The summed E-state index contributed by atoms with van der Waals surface area (Å²) in [6.07, 6.45) is -3.87. The van der Waals surface area contributed by atoms with Crippen LogP contribution in [0.25, 0.3) is 0 Å². The van der Waals surface area contributed by atoms with Crippen molar-refractivity contribution in [1.82, 2.24) is 14.5 Å². The van der Waals surface area contributed by atoms with Crippen molar-refractivity contribution in [3.8, 4) is 0 Å². The summed E-state index contributed by atoms with van der Waals surface area (Å²) in [5, 5.41) is 0. The van der Waals surface area contributed by atoms with Gasteiger partial charge in [0.15, 0.2) is 0 Å². The molecule has 1 aromatic carbocycles. The Kier molecular flexibility index (Phi) is 7.81. The third kappa shape index (κ3) is 6.73. The molecule has 0 saturated carbocycles. The van der Waals surface area contributed by atoms with Crippen LogP contribution < -0.4 is 4.72 Å². The molecule has 2 rings (SSSR count). The number of methoxy groups -OCH3 is 1. The molecule has 0 aliphatic carbocycles. The number of rotatable bonds is 7. The van der Waals surface area contributed by atoms with Crippen molar-refractivity contribution >= 4 is 15.9 Å². The maximum Gasteiger partial charge on any atom is 0.401 e. The van der Waals surface area contributed by atoms with Crippen LogP contribution in [0.3, 0.4) is 0 Å². The second-order valence-corrected chi connectivity index (χ2v) is 8.22. The maximum atomic E-state index is 12.7. The largest absolute Gasteiger partial charge is 0.401 e. The Labute approximate surface area is 162 Å². The smallest absolute Gasteiger partial charge is 0.383 e. The molecule has 158 valence electrons. The van der Waals surface area contributed by atoms with Crippen LogP contribution in [-0.4, -0.2) is 83.3 Å². The average molecular weight is 423 g/mol. The van der Waals surface area contributed by atoms with Crippen LogP contribution in [0.4, 0.5) is 13.2 Å². The van der Waals surface area contributed by atoms with Gasteiger partial charge >= 0.3 is 6.18 Å². The van der Waals surface area contributed by atoms with Gasteiger partial charge in [-0.1, -0.05) is 6.07 Å². The van der Waals surface area contributed by atoms with Gasteiger partial charge in [0.25, 0.3) is 5.91 Å². The summed E-state index contributed by atoms with van der Waals surface area (Å²) in [5.74, 6) is -0.400. The molecule has 1 aliphatic heterocycles. The van der Waals surface area contributed by atoms with E-state index >= 15 is 0 Å². The first kappa shape index (κ1) is 22.6. The van der Waals surface area contributed by atoms with E-state index in [4.69, 9.17) is 4.74 Å². The number of nitrogens with one attached hydrogen (secondary N) is 1. The number of ether oxygens (including phenoxy) is 1. The number of halogens is 3. The summed E-state index contributed by atoms with van der Waals surface area (Å²) in [6, 6.07) is 5.61. The maximum absolute atomic E-state index is 12.7. The van der Waals surface area contributed by atoms with Crippen molar-refractivity contribution in [3.63, 3.8) is 0 Å². The highest BCUT2D eigenvalue weighted by atomic mass is 32.2. The van der Waals surface area contributed by atoms with Crippen LogP contribution >= 0.6 is 0 Å². The van der Waals surface area contributed by atoms with Crippen molar-refractivity contribution in [2.75, 3.05) is 53.0 Å². The second-order valence-electron chi connectivity index (χ2n) is 6.46. The van der Waals surface area contributed by atoms with Crippen molar-refractivity contribution < 1.29 is 31.1 Å². The van der Waals surface area contributed by atoms with Crippen LogP contribution in [0.15, 0.2) is 29.2 Å². The minimum Gasteiger partial charge on any atom is -0.383 e. The van der Waals surface area contributed by atoms with Gasteiger partial charge in [-0.25, -0.2) is 13.1 Å². The van der Waals surface area contributed by atoms with Crippen LogP contribution in [0.1, 0.15) is 16.8 Å². The fourth-order valence-corrected chi connectivity index (χ4v) is 3.98. The number of carbonyl (C=O) groups is 1. The highest BCUT2D eigenvalue weighted by Gasteiger charge is 2.32. The number of benzene rings is 1. The number of hydrogen-bond donors (Lipinski definition) is 1. The Balaban J connectivity index is 2.06. The van der Waals surface area contributed by atoms with Gasteiger partial charge < -0.3 is 9.64 Å². The number of amides is 1. The van der Waals surface area contributed by atoms with Crippen molar-refractivity contribution in [2.45, 2.75) is 17.5 Å². The summed E-state index contributed by atoms with van der Waals surface area (Å²) in [6.45, 7) is 0.130. The number of hydrogen-bond acceptors (Lipinski definition) is 5.